The maximum Gasteiger partial charge on any atom is 0.137 e. The van der Waals surface area contributed by atoms with E-state index in [1.54, 1.807) is 20.3 Å². The summed E-state index contributed by atoms with van der Waals surface area (Å²) in [6.07, 6.45) is 1.54. The highest BCUT2D eigenvalue weighted by Crippen LogP contribution is 2.38. The molecule has 8 heteroatoms. The van der Waals surface area contributed by atoms with Gasteiger partial charge in [-0.1, -0.05) is 48.0 Å². The van der Waals surface area contributed by atoms with Crippen LogP contribution < -0.4 is 19.5 Å². The average Bonchev–Trinajstić information content (AvgIpc) is 2.96. The number of methoxy groups -OCH3 is 2. The van der Waals surface area contributed by atoms with E-state index in [-0.39, 0.29) is 0 Å². The summed E-state index contributed by atoms with van der Waals surface area (Å²) < 4.78 is 17.1. The Bertz CT molecular complexity index is 1630. The number of fused-ring (bicyclic) bond motifs is 1. The Morgan fingerprint density at radius 3 is 2.46 bits per heavy atom. The lowest BCUT2D eigenvalue weighted by Gasteiger charge is -2.17. The van der Waals surface area contributed by atoms with Crippen molar-refractivity contribution in [2.75, 3.05) is 19.5 Å². The Labute approximate surface area is 232 Å². The van der Waals surface area contributed by atoms with Crippen LogP contribution in [0.2, 0.25) is 5.15 Å². The fourth-order valence-corrected chi connectivity index (χ4v) is 4.80. The van der Waals surface area contributed by atoms with Gasteiger partial charge >= 0.3 is 0 Å². The van der Waals surface area contributed by atoms with Crippen molar-refractivity contribution in [1.82, 2.24) is 15.0 Å². The van der Waals surface area contributed by atoms with Crippen molar-refractivity contribution >= 4 is 28.3 Å². The van der Waals surface area contributed by atoms with Crippen molar-refractivity contribution in [3.63, 3.8) is 0 Å². The summed E-state index contributed by atoms with van der Waals surface area (Å²) in [6, 6.07) is 21.6. The third-order valence-electron chi connectivity index (χ3n) is 6.63. The molecule has 5 rings (SSSR count). The molecule has 0 atom stereocenters. The molecule has 0 saturated carbocycles. The average molecular weight is 541 g/mol. The lowest BCUT2D eigenvalue weighted by Crippen LogP contribution is -2.06. The third kappa shape index (κ3) is 5.59. The minimum atomic E-state index is 0.354. The topological polar surface area (TPSA) is 78.4 Å². The highest BCUT2D eigenvalue weighted by Gasteiger charge is 2.19. The zero-order valence-electron chi connectivity index (χ0n) is 22.3. The van der Waals surface area contributed by atoms with E-state index in [0.29, 0.717) is 35.3 Å². The van der Waals surface area contributed by atoms with Crippen LogP contribution in [-0.2, 0) is 13.2 Å². The minimum absolute atomic E-state index is 0.354. The number of hydrogen-bond acceptors (Lipinski definition) is 7. The summed E-state index contributed by atoms with van der Waals surface area (Å²) in [6.45, 7) is 5.04. The molecule has 0 saturated heterocycles. The summed E-state index contributed by atoms with van der Waals surface area (Å²) in [5, 5.41) is 4.54. The molecule has 0 aliphatic heterocycles. The van der Waals surface area contributed by atoms with Gasteiger partial charge in [0.2, 0.25) is 0 Å². The van der Waals surface area contributed by atoms with Crippen LogP contribution >= 0.6 is 11.6 Å². The van der Waals surface area contributed by atoms with Crippen LogP contribution in [0.25, 0.3) is 22.2 Å². The quantitative estimate of drug-likeness (QED) is 0.198. The molecule has 5 aromatic rings. The van der Waals surface area contributed by atoms with Gasteiger partial charge in [0, 0.05) is 34.7 Å². The fraction of sp³-hybridized carbons (Fsp3) is 0.194. The lowest BCUT2D eigenvalue weighted by molar-refractivity contribution is 0.304. The van der Waals surface area contributed by atoms with Crippen molar-refractivity contribution in [2.45, 2.75) is 27.0 Å². The van der Waals surface area contributed by atoms with E-state index < -0.39 is 0 Å². The molecule has 39 heavy (non-hydrogen) atoms. The van der Waals surface area contributed by atoms with Crippen LogP contribution in [0.1, 0.15) is 22.3 Å². The van der Waals surface area contributed by atoms with Crippen molar-refractivity contribution in [3.05, 3.63) is 100 Å². The molecule has 0 unspecified atom stereocenters. The van der Waals surface area contributed by atoms with Crippen LogP contribution in [-0.4, -0.2) is 29.2 Å². The molecule has 0 bridgehead atoms. The molecule has 0 aliphatic carbocycles. The molecule has 198 valence electrons. The van der Waals surface area contributed by atoms with Crippen LogP contribution in [0.15, 0.2) is 73.1 Å². The minimum Gasteiger partial charge on any atom is -0.497 e. The molecule has 2 aromatic heterocycles. The number of ether oxygens (including phenoxy) is 3. The predicted octanol–water partition coefficient (Wildman–Crippen LogP) is 7.17. The molecule has 0 radical (unpaired) electrons. The van der Waals surface area contributed by atoms with Gasteiger partial charge in [-0.3, -0.25) is 0 Å². The van der Waals surface area contributed by atoms with Crippen LogP contribution in [0.4, 0.5) is 5.82 Å². The van der Waals surface area contributed by atoms with Gasteiger partial charge in [0.25, 0.3) is 0 Å². The first-order valence-electron chi connectivity index (χ1n) is 12.5. The van der Waals surface area contributed by atoms with Gasteiger partial charge in [-0.25, -0.2) is 15.0 Å². The number of aryl methyl sites for hydroxylation is 1. The van der Waals surface area contributed by atoms with Gasteiger partial charge < -0.3 is 19.5 Å². The summed E-state index contributed by atoms with van der Waals surface area (Å²) in [4.78, 5) is 13.9. The molecule has 3 aromatic carbocycles. The number of halogens is 1. The molecule has 0 fully saturated rings. The van der Waals surface area contributed by atoms with E-state index in [1.165, 1.54) is 6.33 Å². The Balaban J connectivity index is 1.51. The molecular weight excluding hydrogens is 512 g/mol. The van der Waals surface area contributed by atoms with E-state index in [0.717, 1.165) is 50.5 Å². The van der Waals surface area contributed by atoms with E-state index in [2.05, 4.69) is 15.3 Å². The van der Waals surface area contributed by atoms with E-state index in [1.807, 2.05) is 74.5 Å². The maximum absolute atomic E-state index is 6.57. The molecule has 7 nitrogen and oxygen atoms in total. The highest BCUT2D eigenvalue weighted by atomic mass is 35.5. The van der Waals surface area contributed by atoms with E-state index in [4.69, 9.17) is 30.8 Å². The normalized spacial score (nSPS) is 10.9. The van der Waals surface area contributed by atoms with E-state index in [9.17, 15) is 0 Å². The first kappa shape index (κ1) is 26.3. The van der Waals surface area contributed by atoms with Gasteiger partial charge in [0.15, 0.2) is 0 Å². The zero-order chi connectivity index (χ0) is 27.4. The van der Waals surface area contributed by atoms with Crippen LogP contribution in [0.5, 0.6) is 17.2 Å². The van der Waals surface area contributed by atoms with Gasteiger partial charge in [-0.15, -0.1) is 0 Å². The number of benzene rings is 3. The largest absolute Gasteiger partial charge is 0.497 e. The molecule has 1 N–H and O–H groups in total. The van der Waals surface area contributed by atoms with Crippen LogP contribution in [0.3, 0.4) is 0 Å². The van der Waals surface area contributed by atoms with Gasteiger partial charge in [0.1, 0.15) is 46.7 Å². The number of nitrogens with one attached hydrogen (secondary N) is 1. The van der Waals surface area contributed by atoms with Crippen molar-refractivity contribution in [2.24, 2.45) is 0 Å². The second-order valence-corrected chi connectivity index (χ2v) is 9.49. The van der Waals surface area contributed by atoms with Crippen molar-refractivity contribution in [3.8, 4) is 28.5 Å². The summed E-state index contributed by atoms with van der Waals surface area (Å²) in [5.41, 5.74) is 6.40. The SMILES string of the molecule is COc1ccc(CNc2ncnc3c(-c4c(C)ccc(OCc5ccccc5)c4C)nc(Cl)cc23)c(OC)c1. The third-order valence-corrected chi connectivity index (χ3v) is 6.82. The Morgan fingerprint density at radius 2 is 1.69 bits per heavy atom. The number of rotatable bonds is 9. The first-order chi connectivity index (χ1) is 19.0. The van der Waals surface area contributed by atoms with Crippen molar-refractivity contribution in [1.29, 1.82) is 0 Å². The highest BCUT2D eigenvalue weighted by molar-refractivity contribution is 6.30. The number of pyridine rings is 1. The molecule has 0 aliphatic rings. The monoisotopic (exact) mass is 540 g/mol. The summed E-state index contributed by atoms with van der Waals surface area (Å²) >= 11 is 6.57. The maximum atomic E-state index is 6.57. The Morgan fingerprint density at radius 1 is 0.872 bits per heavy atom. The molecule has 0 spiro atoms. The zero-order valence-corrected chi connectivity index (χ0v) is 23.0. The summed E-state index contributed by atoms with van der Waals surface area (Å²) in [5.74, 6) is 2.88. The standard InChI is InChI=1S/C31H29ClN4O3/c1-19-10-13-25(39-17-21-8-6-5-7-9-21)20(2)28(19)30-29-24(15-27(32)36-30)31(35-18-34-29)33-16-22-11-12-23(37-3)14-26(22)38-4/h5-15,18H,16-17H2,1-4H3,(H,33,34,35). The summed E-state index contributed by atoms with van der Waals surface area (Å²) in [7, 11) is 3.27. The van der Waals surface area contributed by atoms with Gasteiger partial charge in [-0.2, -0.15) is 0 Å². The lowest BCUT2D eigenvalue weighted by atomic mass is 9.97. The number of aromatic nitrogens is 3. The second-order valence-electron chi connectivity index (χ2n) is 9.10. The van der Waals surface area contributed by atoms with Gasteiger partial charge in [-0.05, 0) is 49.2 Å². The first-order valence-corrected chi connectivity index (χ1v) is 12.9. The molecule has 2 heterocycles. The smallest absolute Gasteiger partial charge is 0.137 e. The molecular formula is C31H29ClN4O3. The number of nitrogens with zero attached hydrogens (tertiary/aromatic N) is 3. The predicted molar refractivity (Wildman–Crippen MR) is 155 cm³/mol. The second kappa shape index (κ2) is 11.6. The van der Waals surface area contributed by atoms with E-state index >= 15 is 0 Å². The van der Waals surface area contributed by atoms with Gasteiger partial charge in [0.05, 0.1) is 19.9 Å². The Hall–Kier alpha value is -4.36. The number of hydrogen-bond donors (Lipinski definition) is 1. The van der Waals surface area contributed by atoms with Crippen LogP contribution in [0, 0.1) is 13.8 Å². The number of anilines is 1. The molecule has 0 amide bonds. The van der Waals surface area contributed by atoms with Crippen molar-refractivity contribution < 1.29 is 14.2 Å². The fourth-order valence-electron chi connectivity index (χ4n) is 4.61. The Kier molecular flexibility index (Phi) is 7.79.